The van der Waals surface area contributed by atoms with Gasteiger partial charge in [0.1, 0.15) is 12.4 Å². The Morgan fingerprint density at radius 1 is 1.41 bits per heavy atom. The van der Waals surface area contributed by atoms with Crippen molar-refractivity contribution < 1.29 is 9.94 Å². The fourth-order valence-corrected chi connectivity index (χ4v) is 1.54. The number of nitrogens with two attached hydrogens (primary N) is 1. The molecule has 0 saturated carbocycles. The van der Waals surface area contributed by atoms with Gasteiger partial charge in [0.2, 0.25) is 0 Å². The third-order valence-electron chi connectivity index (χ3n) is 2.45. The minimum absolute atomic E-state index is 0.00747. The van der Waals surface area contributed by atoms with E-state index >= 15 is 0 Å². The molecule has 4 nitrogen and oxygen atoms in total. The molecule has 0 aliphatic carbocycles. The van der Waals surface area contributed by atoms with Crippen LogP contribution in [0.2, 0.25) is 0 Å². The molecule has 94 valence electrons. The lowest BCUT2D eigenvalue weighted by Crippen LogP contribution is -2.22. The van der Waals surface area contributed by atoms with Crippen molar-refractivity contribution in [3.05, 3.63) is 29.3 Å². The molecule has 0 unspecified atom stereocenters. The molecule has 17 heavy (non-hydrogen) atoms. The second kappa shape index (κ2) is 5.08. The Bertz CT molecular complexity index is 420. The molecule has 0 heterocycles. The van der Waals surface area contributed by atoms with Crippen molar-refractivity contribution >= 4 is 5.84 Å². The summed E-state index contributed by atoms with van der Waals surface area (Å²) in [5.74, 6) is 0.833. The van der Waals surface area contributed by atoms with Gasteiger partial charge in [-0.2, -0.15) is 0 Å². The van der Waals surface area contributed by atoms with Gasteiger partial charge in [0.05, 0.1) is 0 Å². The number of ether oxygens (including phenoxy) is 1. The molecule has 1 aromatic carbocycles. The van der Waals surface area contributed by atoms with E-state index in [0.717, 1.165) is 11.3 Å². The molecular formula is C13H20N2O2. The van der Waals surface area contributed by atoms with Crippen molar-refractivity contribution in [1.29, 1.82) is 0 Å². The predicted molar refractivity (Wildman–Crippen MR) is 68.8 cm³/mol. The Morgan fingerprint density at radius 2 is 2.06 bits per heavy atom. The van der Waals surface area contributed by atoms with E-state index in [1.165, 1.54) is 5.56 Å². The number of oxime groups is 1. The average molecular weight is 236 g/mol. The number of aryl methyl sites for hydroxylation is 1. The Balaban J connectivity index is 2.99. The second-order valence-corrected chi connectivity index (χ2v) is 5.13. The highest BCUT2D eigenvalue weighted by Gasteiger charge is 2.19. The van der Waals surface area contributed by atoms with Gasteiger partial charge in [-0.05, 0) is 24.0 Å². The van der Waals surface area contributed by atoms with Gasteiger partial charge in [0.15, 0.2) is 5.84 Å². The van der Waals surface area contributed by atoms with Gasteiger partial charge >= 0.3 is 0 Å². The number of benzene rings is 1. The van der Waals surface area contributed by atoms with Crippen molar-refractivity contribution in [2.45, 2.75) is 33.1 Å². The van der Waals surface area contributed by atoms with Crippen LogP contribution in [0.3, 0.4) is 0 Å². The topological polar surface area (TPSA) is 67.8 Å². The number of rotatable bonds is 3. The SMILES string of the molecule is Cc1ccc(OC/C(N)=N/O)c(C(C)(C)C)c1. The van der Waals surface area contributed by atoms with Crippen LogP contribution in [-0.2, 0) is 5.41 Å². The van der Waals surface area contributed by atoms with Crippen molar-refractivity contribution in [2.75, 3.05) is 6.61 Å². The van der Waals surface area contributed by atoms with Crippen molar-refractivity contribution in [2.24, 2.45) is 10.9 Å². The normalized spacial score (nSPS) is 12.6. The van der Waals surface area contributed by atoms with Gasteiger partial charge in [-0.3, -0.25) is 0 Å². The van der Waals surface area contributed by atoms with Gasteiger partial charge in [-0.15, -0.1) is 0 Å². The monoisotopic (exact) mass is 236 g/mol. The molecule has 0 bridgehead atoms. The minimum Gasteiger partial charge on any atom is -0.485 e. The first kappa shape index (κ1) is 13.4. The van der Waals surface area contributed by atoms with Gasteiger partial charge in [-0.1, -0.05) is 43.6 Å². The van der Waals surface area contributed by atoms with Gasteiger partial charge in [0, 0.05) is 0 Å². The van der Waals surface area contributed by atoms with Crippen LogP contribution in [0, 0.1) is 6.92 Å². The summed E-state index contributed by atoms with van der Waals surface area (Å²) in [5.41, 5.74) is 7.68. The summed E-state index contributed by atoms with van der Waals surface area (Å²) >= 11 is 0. The maximum absolute atomic E-state index is 8.47. The first-order valence-corrected chi connectivity index (χ1v) is 5.55. The molecule has 0 saturated heterocycles. The lowest BCUT2D eigenvalue weighted by atomic mass is 9.85. The largest absolute Gasteiger partial charge is 0.485 e. The van der Waals surface area contributed by atoms with Crippen molar-refractivity contribution in [1.82, 2.24) is 0 Å². The predicted octanol–water partition coefficient (Wildman–Crippen LogP) is 2.42. The molecule has 0 radical (unpaired) electrons. The second-order valence-electron chi connectivity index (χ2n) is 5.13. The number of hydrogen-bond donors (Lipinski definition) is 2. The molecule has 0 atom stereocenters. The van der Waals surface area contributed by atoms with E-state index in [-0.39, 0.29) is 17.9 Å². The summed E-state index contributed by atoms with van der Waals surface area (Å²) in [5, 5.41) is 11.4. The fourth-order valence-electron chi connectivity index (χ4n) is 1.54. The molecule has 1 aromatic rings. The highest BCUT2D eigenvalue weighted by atomic mass is 16.5. The molecule has 3 N–H and O–H groups in total. The molecule has 0 aliphatic heterocycles. The van der Waals surface area contributed by atoms with Gasteiger partial charge in [-0.25, -0.2) is 0 Å². The van der Waals surface area contributed by atoms with Crippen LogP contribution >= 0.6 is 0 Å². The Labute approximate surface area is 102 Å². The highest BCUT2D eigenvalue weighted by Crippen LogP contribution is 2.32. The summed E-state index contributed by atoms with van der Waals surface area (Å²) in [6.45, 7) is 8.50. The molecule has 0 aromatic heterocycles. The first-order valence-electron chi connectivity index (χ1n) is 5.55. The van der Waals surface area contributed by atoms with E-state index in [0.29, 0.717) is 0 Å². The molecule has 0 fully saturated rings. The molecule has 0 aliphatic rings. The van der Waals surface area contributed by atoms with Crippen LogP contribution in [-0.4, -0.2) is 17.6 Å². The lowest BCUT2D eigenvalue weighted by Gasteiger charge is -2.23. The van der Waals surface area contributed by atoms with Gasteiger partial charge in [0.25, 0.3) is 0 Å². The fraction of sp³-hybridized carbons (Fsp3) is 0.462. The van der Waals surface area contributed by atoms with Crippen LogP contribution in [0.25, 0.3) is 0 Å². The van der Waals surface area contributed by atoms with Crippen molar-refractivity contribution in [3.8, 4) is 5.75 Å². The van der Waals surface area contributed by atoms with Gasteiger partial charge < -0.3 is 15.7 Å². The lowest BCUT2D eigenvalue weighted by molar-refractivity contribution is 0.305. The molecule has 0 amide bonds. The zero-order valence-corrected chi connectivity index (χ0v) is 10.8. The zero-order chi connectivity index (χ0) is 13.1. The Hall–Kier alpha value is -1.71. The number of nitrogens with zero attached hydrogens (tertiary/aromatic N) is 1. The quantitative estimate of drug-likeness (QED) is 0.366. The highest BCUT2D eigenvalue weighted by molar-refractivity contribution is 5.81. The number of amidine groups is 1. The van der Waals surface area contributed by atoms with E-state index in [4.69, 9.17) is 15.7 Å². The third kappa shape index (κ3) is 3.66. The number of hydrogen-bond acceptors (Lipinski definition) is 3. The van der Waals surface area contributed by atoms with E-state index in [1.807, 2.05) is 19.1 Å². The van der Waals surface area contributed by atoms with E-state index in [2.05, 4.69) is 32.0 Å². The average Bonchev–Trinajstić information content (AvgIpc) is 2.25. The van der Waals surface area contributed by atoms with Crippen molar-refractivity contribution in [3.63, 3.8) is 0 Å². The summed E-state index contributed by atoms with van der Waals surface area (Å²) in [7, 11) is 0. The standard InChI is InChI=1S/C13H20N2O2/c1-9-5-6-11(17-8-12(14)15-16)10(7-9)13(2,3)4/h5-7,16H,8H2,1-4H3,(H2,14,15). The summed E-state index contributed by atoms with van der Waals surface area (Å²) < 4.78 is 5.56. The van der Waals surface area contributed by atoms with Crippen LogP contribution in [0.5, 0.6) is 5.75 Å². The van der Waals surface area contributed by atoms with Crippen LogP contribution < -0.4 is 10.5 Å². The van der Waals surface area contributed by atoms with Crippen LogP contribution in [0.1, 0.15) is 31.9 Å². The molecule has 4 heteroatoms. The Kier molecular flexibility index (Phi) is 3.99. The van der Waals surface area contributed by atoms with Crippen LogP contribution in [0.15, 0.2) is 23.4 Å². The van der Waals surface area contributed by atoms with E-state index in [9.17, 15) is 0 Å². The maximum atomic E-state index is 8.47. The van der Waals surface area contributed by atoms with E-state index < -0.39 is 0 Å². The summed E-state index contributed by atoms with van der Waals surface area (Å²) in [6.07, 6.45) is 0. The van der Waals surface area contributed by atoms with Crippen LogP contribution in [0.4, 0.5) is 0 Å². The first-order chi connectivity index (χ1) is 7.84. The summed E-state index contributed by atoms with van der Waals surface area (Å²) in [4.78, 5) is 0. The molecule has 1 rings (SSSR count). The third-order valence-corrected chi connectivity index (χ3v) is 2.45. The molecule has 0 spiro atoms. The maximum Gasteiger partial charge on any atom is 0.177 e. The smallest absolute Gasteiger partial charge is 0.177 e. The summed E-state index contributed by atoms with van der Waals surface area (Å²) in [6, 6.07) is 6.00. The molecular weight excluding hydrogens is 216 g/mol. The van der Waals surface area contributed by atoms with E-state index in [1.54, 1.807) is 0 Å². The zero-order valence-electron chi connectivity index (χ0n) is 10.8. The minimum atomic E-state index is -0.00747. The Morgan fingerprint density at radius 3 is 2.59 bits per heavy atom.